The number of nitrogens with zero attached hydrogens (tertiary/aromatic N) is 3. The molecule has 3 rings (SSSR count). The average Bonchev–Trinajstić information content (AvgIpc) is 2.82. The Morgan fingerprint density at radius 1 is 1.28 bits per heavy atom. The van der Waals surface area contributed by atoms with Gasteiger partial charge in [-0.3, -0.25) is 9.30 Å². The van der Waals surface area contributed by atoms with E-state index in [1.165, 1.54) is 0 Å². The van der Waals surface area contributed by atoms with Gasteiger partial charge < -0.3 is 10.5 Å². The summed E-state index contributed by atoms with van der Waals surface area (Å²) in [7, 11) is 0. The molecule has 1 aliphatic heterocycles. The van der Waals surface area contributed by atoms with Gasteiger partial charge in [-0.2, -0.15) is 0 Å². The number of hydrogen-bond donors (Lipinski definition) is 1. The lowest BCUT2D eigenvalue weighted by Gasteiger charge is -2.26. The number of imidazole rings is 1. The summed E-state index contributed by atoms with van der Waals surface area (Å²) in [6, 6.07) is 5.90. The fourth-order valence-electron chi connectivity index (χ4n) is 2.40. The third-order valence-corrected chi connectivity index (χ3v) is 3.41. The SMILES string of the molecule is Nc1cccc2cnc(CCN3CCOCC3)n12. The minimum Gasteiger partial charge on any atom is -0.385 e. The van der Waals surface area contributed by atoms with E-state index in [4.69, 9.17) is 10.5 Å². The number of fused-ring (bicyclic) bond motifs is 1. The van der Waals surface area contributed by atoms with Crippen molar-refractivity contribution in [3.05, 3.63) is 30.2 Å². The van der Waals surface area contributed by atoms with E-state index in [1.807, 2.05) is 28.8 Å². The predicted octanol–water partition coefficient (Wildman–Crippen LogP) is 0.791. The molecule has 2 N–H and O–H groups in total. The summed E-state index contributed by atoms with van der Waals surface area (Å²) in [4.78, 5) is 6.87. The molecule has 96 valence electrons. The van der Waals surface area contributed by atoms with Crippen LogP contribution in [0.2, 0.25) is 0 Å². The molecule has 0 unspecified atom stereocenters. The van der Waals surface area contributed by atoms with Crippen LogP contribution in [-0.2, 0) is 11.2 Å². The molecule has 2 aromatic heterocycles. The normalized spacial score (nSPS) is 17.3. The Labute approximate surface area is 106 Å². The minimum atomic E-state index is 0.752. The Morgan fingerprint density at radius 3 is 2.94 bits per heavy atom. The highest BCUT2D eigenvalue weighted by molar-refractivity contribution is 5.53. The molecule has 0 spiro atoms. The Bertz CT molecular complexity index is 531. The van der Waals surface area contributed by atoms with E-state index in [0.717, 1.165) is 56.4 Å². The lowest BCUT2D eigenvalue weighted by molar-refractivity contribution is 0.0382. The van der Waals surface area contributed by atoms with Crippen LogP contribution in [0.25, 0.3) is 5.52 Å². The fourth-order valence-corrected chi connectivity index (χ4v) is 2.40. The molecule has 0 atom stereocenters. The van der Waals surface area contributed by atoms with E-state index < -0.39 is 0 Å². The molecule has 0 radical (unpaired) electrons. The summed E-state index contributed by atoms with van der Waals surface area (Å²) >= 11 is 0. The van der Waals surface area contributed by atoms with Crippen LogP contribution >= 0.6 is 0 Å². The smallest absolute Gasteiger partial charge is 0.116 e. The molecule has 5 heteroatoms. The molecule has 18 heavy (non-hydrogen) atoms. The van der Waals surface area contributed by atoms with Crippen molar-refractivity contribution in [2.24, 2.45) is 0 Å². The van der Waals surface area contributed by atoms with Crippen LogP contribution in [0.5, 0.6) is 0 Å². The van der Waals surface area contributed by atoms with Gasteiger partial charge in [-0.25, -0.2) is 4.98 Å². The Morgan fingerprint density at radius 2 is 2.11 bits per heavy atom. The fraction of sp³-hybridized carbons (Fsp3) is 0.462. The summed E-state index contributed by atoms with van der Waals surface area (Å²) in [6.07, 6.45) is 2.80. The lowest BCUT2D eigenvalue weighted by atomic mass is 10.3. The molecule has 1 fully saturated rings. The van der Waals surface area contributed by atoms with E-state index >= 15 is 0 Å². The van der Waals surface area contributed by atoms with Gasteiger partial charge in [0.25, 0.3) is 0 Å². The summed E-state index contributed by atoms with van der Waals surface area (Å²) in [5, 5.41) is 0. The molecule has 0 amide bonds. The van der Waals surface area contributed by atoms with Crippen LogP contribution in [0.3, 0.4) is 0 Å². The molecule has 0 aromatic carbocycles. The maximum atomic E-state index is 6.00. The third kappa shape index (κ3) is 2.19. The second kappa shape index (κ2) is 4.96. The second-order valence-corrected chi connectivity index (χ2v) is 4.59. The van der Waals surface area contributed by atoms with Crippen molar-refractivity contribution < 1.29 is 4.74 Å². The zero-order valence-electron chi connectivity index (χ0n) is 10.4. The van der Waals surface area contributed by atoms with Crippen LogP contribution in [0.15, 0.2) is 24.4 Å². The third-order valence-electron chi connectivity index (χ3n) is 3.41. The van der Waals surface area contributed by atoms with Gasteiger partial charge in [-0.1, -0.05) is 6.07 Å². The van der Waals surface area contributed by atoms with E-state index in [9.17, 15) is 0 Å². The van der Waals surface area contributed by atoms with Crippen molar-refractivity contribution in [1.82, 2.24) is 14.3 Å². The number of anilines is 1. The van der Waals surface area contributed by atoms with Crippen molar-refractivity contribution in [1.29, 1.82) is 0 Å². The number of nitrogens with two attached hydrogens (primary N) is 1. The minimum absolute atomic E-state index is 0.752. The average molecular weight is 246 g/mol. The molecule has 0 bridgehead atoms. The standard InChI is InChI=1S/C13H18N4O/c14-12-3-1-2-11-10-15-13(17(11)12)4-5-16-6-8-18-9-7-16/h1-3,10H,4-9,14H2. The summed E-state index contributed by atoms with van der Waals surface area (Å²) < 4.78 is 7.37. The van der Waals surface area contributed by atoms with Gasteiger partial charge in [0.05, 0.1) is 24.9 Å². The molecule has 0 aliphatic carbocycles. The molecular weight excluding hydrogens is 228 g/mol. The van der Waals surface area contributed by atoms with Crippen LogP contribution in [0.1, 0.15) is 5.82 Å². The van der Waals surface area contributed by atoms with Gasteiger partial charge in [-0.15, -0.1) is 0 Å². The Kier molecular flexibility index (Phi) is 3.17. The summed E-state index contributed by atoms with van der Waals surface area (Å²) in [5.41, 5.74) is 7.06. The highest BCUT2D eigenvalue weighted by Crippen LogP contribution is 2.13. The summed E-state index contributed by atoms with van der Waals surface area (Å²) in [5.74, 6) is 1.79. The van der Waals surface area contributed by atoms with E-state index in [1.54, 1.807) is 0 Å². The van der Waals surface area contributed by atoms with Crippen molar-refractivity contribution in [2.75, 3.05) is 38.6 Å². The van der Waals surface area contributed by atoms with Crippen molar-refractivity contribution in [3.63, 3.8) is 0 Å². The molecule has 0 saturated carbocycles. The predicted molar refractivity (Wildman–Crippen MR) is 70.6 cm³/mol. The van der Waals surface area contributed by atoms with Crippen LogP contribution in [-0.4, -0.2) is 47.1 Å². The molecule has 1 saturated heterocycles. The number of hydrogen-bond acceptors (Lipinski definition) is 4. The van der Waals surface area contributed by atoms with Gasteiger partial charge in [0, 0.05) is 26.1 Å². The number of pyridine rings is 1. The number of nitrogen functional groups attached to an aromatic ring is 1. The number of ether oxygens (including phenoxy) is 1. The zero-order chi connectivity index (χ0) is 12.4. The molecular formula is C13H18N4O. The van der Waals surface area contributed by atoms with Crippen LogP contribution in [0.4, 0.5) is 5.82 Å². The molecule has 1 aliphatic rings. The van der Waals surface area contributed by atoms with Gasteiger partial charge in [0.15, 0.2) is 0 Å². The number of rotatable bonds is 3. The van der Waals surface area contributed by atoms with Gasteiger partial charge in [0.1, 0.15) is 11.6 Å². The molecule has 2 aromatic rings. The monoisotopic (exact) mass is 246 g/mol. The van der Waals surface area contributed by atoms with E-state index in [0.29, 0.717) is 0 Å². The Balaban J connectivity index is 1.74. The van der Waals surface area contributed by atoms with E-state index in [2.05, 4.69) is 9.88 Å². The maximum Gasteiger partial charge on any atom is 0.116 e. The quantitative estimate of drug-likeness (QED) is 0.870. The first-order chi connectivity index (χ1) is 8.84. The molecule has 5 nitrogen and oxygen atoms in total. The summed E-state index contributed by atoms with van der Waals surface area (Å²) in [6.45, 7) is 4.71. The molecule has 3 heterocycles. The van der Waals surface area contributed by atoms with Crippen LogP contribution < -0.4 is 5.73 Å². The topological polar surface area (TPSA) is 55.8 Å². The van der Waals surface area contributed by atoms with Crippen molar-refractivity contribution in [3.8, 4) is 0 Å². The maximum absolute atomic E-state index is 6.00. The Hall–Kier alpha value is -1.59. The largest absolute Gasteiger partial charge is 0.385 e. The van der Waals surface area contributed by atoms with Gasteiger partial charge >= 0.3 is 0 Å². The first kappa shape index (κ1) is 11.5. The zero-order valence-corrected chi connectivity index (χ0v) is 10.4. The number of aromatic nitrogens is 2. The van der Waals surface area contributed by atoms with Crippen molar-refractivity contribution >= 4 is 11.3 Å². The highest BCUT2D eigenvalue weighted by Gasteiger charge is 2.12. The lowest BCUT2D eigenvalue weighted by Crippen LogP contribution is -2.37. The van der Waals surface area contributed by atoms with E-state index in [-0.39, 0.29) is 0 Å². The van der Waals surface area contributed by atoms with Gasteiger partial charge in [0.2, 0.25) is 0 Å². The van der Waals surface area contributed by atoms with Crippen molar-refractivity contribution in [2.45, 2.75) is 6.42 Å². The second-order valence-electron chi connectivity index (χ2n) is 4.59. The van der Waals surface area contributed by atoms with Gasteiger partial charge in [-0.05, 0) is 12.1 Å². The van der Waals surface area contributed by atoms with Crippen LogP contribution in [0, 0.1) is 0 Å². The number of morpholine rings is 1. The first-order valence-electron chi connectivity index (χ1n) is 6.35. The highest BCUT2D eigenvalue weighted by atomic mass is 16.5. The first-order valence-corrected chi connectivity index (χ1v) is 6.35.